The van der Waals surface area contributed by atoms with Crippen LogP contribution in [0.15, 0.2) is 0 Å². The smallest absolute Gasteiger partial charge is 0.0542 e. The predicted octanol–water partition coefficient (Wildman–Crippen LogP) is 0.730. The lowest BCUT2D eigenvalue weighted by Gasteiger charge is -2.08. The molecule has 0 aromatic carbocycles. The van der Waals surface area contributed by atoms with Gasteiger partial charge in [-0.3, -0.25) is 0 Å². The first-order valence-corrected chi connectivity index (χ1v) is 4.28. The molecule has 54 valence electrons. The summed E-state index contributed by atoms with van der Waals surface area (Å²) in [6.45, 7) is 2.04. The number of carbonyl (C=O) groups excluding carboxylic acids is 1. The fourth-order valence-electron chi connectivity index (χ4n) is 0.501. The van der Waals surface area contributed by atoms with Gasteiger partial charge in [-0.05, 0) is 6.42 Å². The van der Waals surface area contributed by atoms with Crippen LogP contribution in [-0.2, 0) is 4.79 Å². The number of carboxylic acid groups (broad SMARTS) is 1. The summed E-state index contributed by atoms with van der Waals surface area (Å²) >= 11 is 1.89. The number of unbranched alkanes of at least 4 members (excludes halogenated alkanes) is 1. The molecule has 3 heteroatoms. The molecular formula is C6H10IO2-. The van der Waals surface area contributed by atoms with Crippen molar-refractivity contribution in [2.24, 2.45) is 0 Å². The lowest BCUT2D eigenvalue weighted by Crippen LogP contribution is -2.31. The van der Waals surface area contributed by atoms with Crippen LogP contribution in [0.4, 0.5) is 0 Å². The molecule has 0 amide bonds. The summed E-state index contributed by atoms with van der Waals surface area (Å²) in [5.74, 6) is -0.941. The molecule has 0 aliphatic rings. The summed E-state index contributed by atoms with van der Waals surface area (Å²) in [6.07, 6.45) is 2.76. The molecule has 1 unspecified atom stereocenters. The maximum Gasteiger partial charge on any atom is 0.0542 e. The van der Waals surface area contributed by atoms with Crippen LogP contribution < -0.4 is 5.11 Å². The van der Waals surface area contributed by atoms with Gasteiger partial charge in [-0.25, -0.2) is 0 Å². The summed E-state index contributed by atoms with van der Waals surface area (Å²) in [5, 5.41) is 10.1. The molecule has 0 saturated heterocycles. The van der Waals surface area contributed by atoms with Gasteiger partial charge in [-0.2, -0.15) is 0 Å². The van der Waals surface area contributed by atoms with Gasteiger partial charge in [-0.15, -0.1) is 0 Å². The quantitative estimate of drug-likeness (QED) is 0.537. The largest absolute Gasteiger partial charge is 0.549 e. The van der Waals surface area contributed by atoms with Gasteiger partial charge in [0.05, 0.1) is 9.89 Å². The monoisotopic (exact) mass is 241 g/mol. The second-order valence-corrected chi connectivity index (χ2v) is 3.43. The van der Waals surface area contributed by atoms with Gasteiger partial charge in [0, 0.05) is 0 Å². The van der Waals surface area contributed by atoms with Gasteiger partial charge in [0.2, 0.25) is 0 Å². The van der Waals surface area contributed by atoms with Gasteiger partial charge in [-0.1, -0.05) is 42.4 Å². The summed E-state index contributed by atoms with van der Waals surface area (Å²) in [4.78, 5) is 10.1. The van der Waals surface area contributed by atoms with E-state index in [2.05, 4.69) is 0 Å². The van der Waals surface area contributed by atoms with Crippen molar-refractivity contribution in [1.82, 2.24) is 0 Å². The van der Waals surface area contributed by atoms with Gasteiger partial charge >= 0.3 is 0 Å². The Morgan fingerprint density at radius 1 is 1.78 bits per heavy atom. The average Bonchev–Trinajstić information content (AvgIpc) is 1.82. The molecule has 0 fully saturated rings. The van der Waals surface area contributed by atoms with Crippen LogP contribution in [0.2, 0.25) is 0 Å². The third-order valence-corrected chi connectivity index (χ3v) is 2.20. The van der Waals surface area contributed by atoms with Gasteiger partial charge in [0.1, 0.15) is 0 Å². The highest BCUT2D eigenvalue weighted by Crippen LogP contribution is 2.08. The van der Waals surface area contributed by atoms with Crippen molar-refractivity contribution in [3.05, 3.63) is 0 Å². The van der Waals surface area contributed by atoms with Crippen molar-refractivity contribution in [3.8, 4) is 0 Å². The molecule has 0 saturated carbocycles. The molecule has 0 N–H and O–H groups in total. The summed E-state index contributed by atoms with van der Waals surface area (Å²) in [5.41, 5.74) is 0. The average molecular weight is 241 g/mol. The highest BCUT2D eigenvalue weighted by Gasteiger charge is 2.01. The second kappa shape index (κ2) is 5.02. The van der Waals surface area contributed by atoms with Crippen molar-refractivity contribution in [1.29, 1.82) is 0 Å². The molecule has 0 rings (SSSR count). The third-order valence-electron chi connectivity index (χ3n) is 1.07. The molecular weight excluding hydrogens is 231 g/mol. The van der Waals surface area contributed by atoms with Crippen molar-refractivity contribution in [2.75, 3.05) is 0 Å². The Morgan fingerprint density at radius 2 is 2.33 bits per heavy atom. The van der Waals surface area contributed by atoms with E-state index in [1.807, 2.05) is 29.5 Å². The minimum absolute atomic E-state index is 0.303. The van der Waals surface area contributed by atoms with E-state index in [9.17, 15) is 9.90 Å². The van der Waals surface area contributed by atoms with E-state index in [4.69, 9.17) is 0 Å². The Hall–Kier alpha value is 0.200. The Morgan fingerprint density at radius 3 is 2.67 bits per heavy atom. The van der Waals surface area contributed by atoms with Crippen molar-refractivity contribution < 1.29 is 9.90 Å². The van der Waals surface area contributed by atoms with Crippen LogP contribution in [0, 0.1) is 0 Å². The molecule has 2 nitrogen and oxygen atoms in total. The number of aliphatic carboxylic acids is 1. The van der Waals surface area contributed by atoms with E-state index in [1.54, 1.807) is 0 Å². The number of alkyl halides is 1. The summed E-state index contributed by atoms with van der Waals surface area (Å²) < 4.78 is -0.303. The van der Waals surface area contributed by atoms with Crippen molar-refractivity contribution in [3.63, 3.8) is 0 Å². The lowest BCUT2D eigenvalue weighted by molar-refractivity contribution is -0.304. The van der Waals surface area contributed by atoms with Crippen molar-refractivity contribution >= 4 is 28.6 Å². The topological polar surface area (TPSA) is 40.1 Å². The fraction of sp³-hybridized carbons (Fsp3) is 0.833. The number of carboxylic acids is 1. The minimum Gasteiger partial charge on any atom is -0.549 e. The molecule has 0 bridgehead atoms. The standard InChI is InChI=1S/C6H11IO2/c1-2-3-4-5(7)6(8)9/h5H,2-4H2,1H3,(H,8,9)/p-1. The maximum absolute atomic E-state index is 10.1. The number of carbonyl (C=O) groups is 1. The first-order valence-electron chi connectivity index (χ1n) is 3.03. The SMILES string of the molecule is CCCCC(I)C(=O)[O-]. The molecule has 0 heterocycles. The van der Waals surface area contributed by atoms with Crippen LogP contribution in [0.25, 0.3) is 0 Å². The van der Waals surface area contributed by atoms with E-state index < -0.39 is 5.97 Å². The molecule has 0 aliphatic heterocycles. The first-order chi connectivity index (χ1) is 4.18. The van der Waals surface area contributed by atoms with Crippen molar-refractivity contribution in [2.45, 2.75) is 30.1 Å². The molecule has 0 aromatic rings. The van der Waals surface area contributed by atoms with E-state index in [0.29, 0.717) is 0 Å². The summed E-state index contributed by atoms with van der Waals surface area (Å²) in [7, 11) is 0. The number of hydrogen-bond acceptors (Lipinski definition) is 2. The van der Waals surface area contributed by atoms with E-state index in [-0.39, 0.29) is 3.92 Å². The molecule has 1 atom stereocenters. The van der Waals surface area contributed by atoms with Gasteiger partial charge in [0.15, 0.2) is 0 Å². The van der Waals surface area contributed by atoms with Crippen LogP contribution >= 0.6 is 22.6 Å². The number of hydrogen-bond donors (Lipinski definition) is 0. The van der Waals surface area contributed by atoms with Crippen LogP contribution in [-0.4, -0.2) is 9.89 Å². The molecule has 0 spiro atoms. The zero-order chi connectivity index (χ0) is 7.28. The summed E-state index contributed by atoms with van der Waals surface area (Å²) in [6, 6.07) is 0. The zero-order valence-corrected chi connectivity index (χ0v) is 7.55. The molecule has 0 aromatic heterocycles. The van der Waals surface area contributed by atoms with E-state index >= 15 is 0 Å². The Balaban J connectivity index is 3.27. The highest BCUT2D eigenvalue weighted by atomic mass is 127. The van der Waals surface area contributed by atoms with Crippen LogP contribution in [0.1, 0.15) is 26.2 Å². The number of halogens is 1. The maximum atomic E-state index is 10.1. The molecule has 0 aliphatic carbocycles. The fourth-order valence-corrected chi connectivity index (χ4v) is 0.942. The zero-order valence-electron chi connectivity index (χ0n) is 5.39. The lowest BCUT2D eigenvalue weighted by atomic mass is 10.2. The van der Waals surface area contributed by atoms with Gasteiger partial charge < -0.3 is 9.90 Å². The van der Waals surface area contributed by atoms with Gasteiger partial charge in [0.25, 0.3) is 0 Å². The van der Waals surface area contributed by atoms with Crippen LogP contribution in [0.5, 0.6) is 0 Å². The Kier molecular flexibility index (Phi) is 5.13. The Bertz CT molecular complexity index is 93.1. The second-order valence-electron chi connectivity index (χ2n) is 1.93. The molecule has 9 heavy (non-hydrogen) atoms. The normalized spacial score (nSPS) is 13.1. The first kappa shape index (κ1) is 9.20. The highest BCUT2D eigenvalue weighted by molar-refractivity contribution is 14.1. The van der Waals surface area contributed by atoms with E-state index in [1.165, 1.54) is 0 Å². The molecule has 0 radical (unpaired) electrons. The minimum atomic E-state index is -0.941. The predicted molar refractivity (Wildman–Crippen MR) is 42.3 cm³/mol. The number of rotatable bonds is 4. The van der Waals surface area contributed by atoms with Crippen LogP contribution in [0.3, 0.4) is 0 Å². The van der Waals surface area contributed by atoms with E-state index in [0.717, 1.165) is 19.3 Å². The Labute approximate surface area is 68.8 Å². The third kappa shape index (κ3) is 4.69.